The topological polar surface area (TPSA) is 74.8 Å². The number of guanidine groups is 1. The molecule has 1 aromatic rings. The van der Waals surface area contributed by atoms with Gasteiger partial charge < -0.3 is 20.7 Å². The van der Waals surface area contributed by atoms with Crippen LogP contribution in [0.4, 0.5) is 18.9 Å². The molecule has 0 unspecified atom stereocenters. The van der Waals surface area contributed by atoms with Crippen molar-refractivity contribution in [2.45, 2.75) is 20.3 Å². The van der Waals surface area contributed by atoms with Crippen molar-refractivity contribution < 1.29 is 22.7 Å². The molecule has 0 aliphatic heterocycles. The van der Waals surface area contributed by atoms with Crippen LogP contribution in [0.3, 0.4) is 0 Å². The summed E-state index contributed by atoms with van der Waals surface area (Å²) in [6.07, 6.45) is 0.764. The molecule has 9 heteroatoms. The summed E-state index contributed by atoms with van der Waals surface area (Å²) in [4.78, 5) is 15.7. The highest BCUT2D eigenvalue weighted by atomic mass is 19.2. The summed E-state index contributed by atoms with van der Waals surface area (Å²) < 4.78 is 44.9. The number of hydrogen-bond acceptors (Lipinski definition) is 3. The first-order valence-electron chi connectivity index (χ1n) is 8.30. The molecule has 0 radical (unpaired) electrons. The van der Waals surface area contributed by atoms with Crippen LogP contribution < -0.4 is 16.0 Å². The number of rotatable bonds is 9. The van der Waals surface area contributed by atoms with Gasteiger partial charge in [-0.05, 0) is 24.5 Å². The van der Waals surface area contributed by atoms with Crippen LogP contribution in [0.15, 0.2) is 17.1 Å². The Morgan fingerprint density at radius 2 is 1.92 bits per heavy atom. The zero-order valence-electron chi connectivity index (χ0n) is 15.2. The molecule has 0 spiro atoms. The largest absolute Gasteiger partial charge is 0.381 e. The van der Waals surface area contributed by atoms with Crippen molar-refractivity contribution >= 4 is 17.6 Å². The average Bonchev–Trinajstić information content (AvgIpc) is 2.60. The third kappa shape index (κ3) is 7.73. The minimum atomic E-state index is -1.63. The lowest BCUT2D eigenvalue weighted by molar-refractivity contribution is -0.115. The molecule has 6 nitrogen and oxygen atoms in total. The Hall–Kier alpha value is -2.29. The zero-order valence-corrected chi connectivity index (χ0v) is 15.2. The first kappa shape index (κ1) is 21.8. The number of carbonyl (C=O) groups excluding carboxylic acids is 1. The molecule has 3 N–H and O–H groups in total. The lowest BCUT2D eigenvalue weighted by atomic mass is 10.2. The van der Waals surface area contributed by atoms with Gasteiger partial charge in [-0.3, -0.25) is 9.79 Å². The average molecular weight is 374 g/mol. The fourth-order valence-electron chi connectivity index (χ4n) is 1.90. The standard InChI is InChI=1S/C17H25F3N4O2/c1-11(2)10-26-8-4-7-22-17(21-3)23-9-14(25)24-13-6-5-12(18)15(19)16(13)20/h5-6,11H,4,7-10H2,1-3H3,(H,24,25)(H2,21,22,23). The third-order valence-corrected chi connectivity index (χ3v) is 3.16. The van der Waals surface area contributed by atoms with Gasteiger partial charge >= 0.3 is 0 Å². The second-order valence-electron chi connectivity index (χ2n) is 5.95. The van der Waals surface area contributed by atoms with Crippen LogP contribution in [-0.2, 0) is 9.53 Å². The molecule has 26 heavy (non-hydrogen) atoms. The smallest absolute Gasteiger partial charge is 0.243 e. The van der Waals surface area contributed by atoms with Crippen molar-refractivity contribution in [3.8, 4) is 0 Å². The summed E-state index contributed by atoms with van der Waals surface area (Å²) in [5, 5.41) is 7.91. The van der Waals surface area contributed by atoms with E-state index in [4.69, 9.17) is 4.74 Å². The van der Waals surface area contributed by atoms with Crippen molar-refractivity contribution in [2.75, 3.05) is 38.7 Å². The van der Waals surface area contributed by atoms with Gasteiger partial charge in [-0.25, -0.2) is 13.2 Å². The number of benzene rings is 1. The lowest BCUT2D eigenvalue weighted by Gasteiger charge is -2.13. The van der Waals surface area contributed by atoms with Gasteiger partial charge in [-0.2, -0.15) is 0 Å². The van der Waals surface area contributed by atoms with Crippen LogP contribution in [-0.4, -0.2) is 45.2 Å². The number of anilines is 1. The number of amides is 1. The summed E-state index contributed by atoms with van der Waals surface area (Å²) >= 11 is 0. The van der Waals surface area contributed by atoms with E-state index in [1.165, 1.54) is 7.05 Å². The van der Waals surface area contributed by atoms with Crippen molar-refractivity contribution in [2.24, 2.45) is 10.9 Å². The second-order valence-corrected chi connectivity index (χ2v) is 5.95. The van der Waals surface area contributed by atoms with Crippen LogP contribution in [0, 0.1) is 23.4 Å². The molecule has 0 atom stereocenters. The summed E-state index contributed by atoms with van der Waals surface area (Å²) in [6.45, 7) is 5.83. The number of nitrogens with zero attached hydrogens (tertiary/aromatic N) is 1. The molecule has 146 valence electrons. The number of aliphatic imine (C=N–C) groups is 1. The van der Waals surface area contributed by atoms with Crippen LogP contribution in [0.25, 0.3) is 0 Å². The van der Waals surface area contributed by atoms with Gasteiger partial charge in [-0.1, -0.05) is 13.8 Å². The number of hydrogen-bond donors (Lipinski definition) is 3. The molecular weight excluding hydrogens is 349 g/mol. The summed E-state index contributed by atoms with van der Waals surface area (Å²) in [6, 6.07) is 1.69. The molecule has 0 aromatic heterocycles. The molecule has 0 aliphatic rings. The van der Waals surface area contributed by atoms with Gasteiger partial charge in [0.15, 0.2) is 23.4 Å². The maximum absolute atomic E-state index is 13.5. The van der Waals surface area contributed by atoms with Crippen molar-refractivity contribution in [1.82, 2.24) is 10.6 Å². The van der Waals surface area contributed by atoms with Crippen molar-refractivity contribution in [1.29, 1.82) is 0 Å². The number of carbonyl (C=O) groups is 1. The van der Waals surface area contributed by atoms with E-state index in [2.05, 4.69) is 34.8 Å². The van der Waals surface area contributed by atoms with Gasteiger partial charge in [0, 0.05) is 26.8 Å². The second kappa shape index (κ2) is 11.3. The Bertz CT molecular complexity index is 624. The molecule has 0 saturated carbocycles. The Labute approximate surface area is 151 Å². The Kier molecular flexibility index (Phi) is 9.50. The van der Waals surface area contributed by atoms with Crippen molar-refractivity contribution in [3.63, 3.8) is 0 Å². The lowest BCUT2D eigenvalue weighted by Crippen LogP contribution is -2.42. The summed E-state index contributed by atoms with van der Waals surface area (Å²) in [7, 11) is 1.54. The van der Waals surface area contributed by atoms with Crippen LogP contribution in [0.5, 0.6) is 0 Å². The molecule has 0 fully saturated rings. The Morgan fingerprint density at radius 1 is 1.19 bits per heavy atom. The summed E-state index contributed by atoms with van der Waals surface area (Å²) in [5.41, 5.74) is -0.430. The SMILES string of the molecule is CN=C(NCCCOCC(C)C)NCC(=O)Nc1ccc(F)c(F)c1F. The van der Waals surface area contributed by atoms with Crippen LogP contribution in [0.1, 0.15) is 20.3 Å². The van der Waals surface area contributed by atoms with Gasteiger partial charge in [0.2, 0.25) is 5.91 Å². The predicted molar refractivity (Wildman–Crippen MR) is 94.6 cm³/mol. The van der Waals surface area contributed by atoms with Crippen molar-refractivity contribution in [3.05, 3.63) is 29.6 Å². The first-order chi connectivity index (χ1) is 12.3. The molecule has 0 aliphatic carbocycles. The number of halogens is 3. The van der Waals surface area contributed by atoms with Crippen LogP contribution >= 0.6 is 0 Å². The normalized spacial score (nSPS) is 11.6. The van der Waals surface area contributed by atoms with Crippen LogP contribution in [0.2, 0.25) is 0 Å². The van der Waals surface area contributed by atoms with E-state index >= 15 is 0 Å². The molecule has 1 amide bonds. The number of ether oxygens (including phenoxy) is 1. The molecule has 1 rings (SSSR count). The van der Waals surface area contributed by atoms with E-state index in [-0.39, 0.29) is 6.54 Å². The predicted octanol–water partition coefficient (Wildman–Crippen LogP) is 2.27. The Morgan fingerprint density at radius 3 is 2.58 bits per heavy atom. The molecule has 0 saturated heterocycles. The van der Waals surface area contributed by atoms with Gasteiger partial charge in [0.25, 0.3) is 0 Å². The first-order valence-corrected chi connectivity index (χ1v) is 8.30. The minimum Gasteiger partial charge on any atom is -0.381 e. The van der Waals surface area contributed by atoms with E-state index in [0.717, 1.165) is 18.6 Å². The van der Waals surface area contributed by atoms with Gasteiger partial charge in [-0.15, -0.1) is 0 Å². The maximum Gasteiger partial charge on any atom is 0.243 e. The monoisotopic (exact) mass is 374 g/mol. The fourth-order valence-corrected chi connectivity index (χ4v) is 1.90. The maximum atomic E-state index is 13.5. The van der Waals surface area contributed by atoms with E-state index in [1.54, 1.807) is 0 Å². The highest BCUT2D eigenvalue weighted by Crippen LogP contribution is 2.19. The van der Waals surface area contributed by atoms with E-state index < -0.39 is 29.0 Å². The fraction of sp³-hybridized carbons (Fsp3) is 0.529. The van der Waals surface area contributed by atoms with Gasteiger partial charge in [0.1, 0.15) is 0 Å². The highest BCUT2D eigenvalue weighted by molar-refractivity contribution is 5.95. The zero-order chi connectivity index (χ0) is 19.5. The number of nitrogens with one attached hydrogen (secondary N) is 3. The van der Waals surface area contributed by atoms with E-state index in [1.807, 2.05) is 0 Å². The molecule has 0 heterocycles. The molecular formula is C17H25F3N4O2. The summed E-state index contributed by atoms with van der Waals surface area (Å²) in [5.74, 6) is -4.15. The quantitative estimate of drug-likeness (QED) is 0.268. The minimum absolute atomic E-state index is 0.220. The third-order valence-electron chi connectivity index (χ3n) is 3.16. The Balaban J connectivity index is 2.33. The van der Waals surface area contributed by atoms with E-state index in [0.29, 0.717) is 31.6 Å². The molecule has 1 aromatic carbocycles. The highest BCUT2D eigenvalue weighted by Gasteiger charge is 2.15. The van der Waals surface area contributed by atoms with E-state index in [9.17, 15) is 18.0 Å². The van der Waals surface area contributed by atoms with Gasteiger partial charge in [0.05, 0.1) is 12.2 Å². The molecule has 0 bridgehead atoms.